The molecule has 0 saturated heterocycles. The van der Waals surface area contributed by atoms with Crippen LogP contribution < -0.4 is 0 Å². The second-order valence-electron chi connectivity index (χ2n) is 4.12. The molecule has 0 saturated carbocycles. The Hall–Kier alpha value is -2.55. The molecule has 2 aromatic heterocycles. The SMILES string of the molecule is Cc1cc(C)nc(Sc2nc(C(=O)O)ccc2[N+](=O)[O-])n1. The molecule has 0 radical (unpaired) electrons. The van der Waals surface area contributed by atoms with Gasteiger partial charge in [-0.1, -0.05) is 0 Å². The van der Waals surface area contributed by atoms with Crippen molar-refractivity contribution < 1.29 is 14.8 Å². The third-order valence-corrected chi connectivity index (χ3v) is 3.26. The van der Waals surface area contributed by atoms with Gasteiger partial charge in [0.1, 0.15) is 5.69 Å². The normalized spacial score (nSPS) is 10.4. The highest BCUT2D eigenvalue weighted by atomic mass is 32.2. The highest BCUT2D eigenvalue weighted by Crippen LogP contribution is 2.31. The molecule has 0 unspecified atom stereocenters. The van der Waals surface area contributed by atoms with Gasteiger partial charge < -0.3 is 5.11 Å². The number of rotatable bonds is 4. The van der Waals surface area contributed by atoms with E-state index in [-0.39, 0.29) is 21.6 Å². The van der Waals surface area contributed by atoms with Gasteiger partial charge in [-0.05, 0) is 37.7 Å². The molecule has 0 aliphatic carbocycles. The molecular weight excluding hydrogens is 296 g/mol. The molecule has 0 amide bonds. The Morgan fingerprint density at radius 3 is 2.38 bits per heavy atom. The maximum atomic E-state index is 11.0. The van der Waals surface area contributed by atoms with Gasteiger partial charge in [0.15, 0.2) is 10.2 Å². The number of carbonyl (C=O) groups is 1. The fourth-order valence-electron chi connectivity index (χ4n) is 1.59. The first-order chi connectivity index (χ1) is 9.86. The Bertz CT molecular complexity index is 715. The topological polar surface area (TPSA) is 119 Å². The molecule has 9 heteroatoms. The minimum atomic E-state index is -1.26. The Morgan fingerprint density at radius 2 is 1.86 bits per heavy atom. The highest BCUT2D eigenvalue weighted by Gasteiger charge is 2.20. The number of hydrogen-bond acceptors (Lipinski definition) is 7. The van der Waals surface area contributed by atoms with Crippen LogP contribution in [0.15, 0.2) is 28.4 Å². The van der Waals surface area contributed by atoms with E-state index in [0.717, 1.165) is 23.9 Å². The highest BCUT2D eigenvalue weighted by molar-refractivity contribution is 7.99. The van der Waals surface area contributed by atoms with Gasteiger partial charge in [0.2, 0.25) is 0 Å². The van der Waals surface area contributed by atoms with Crippen molar-refractivity contribution >= 4 is 23.4 Å². The van der Waals surface area contributed by atoms with Gasteiger partial charge in [0.25, 0.3) is 0 Å². The maximum absolute atomic E-state index is 11.0. The Balaban J connectivity index is 2.47. The van der Waals surface area contributed by atoms with E-state index in [0.29, 0.717) is 11.4 Å². The number of aromatic nitrogens is 3. The van der Waals surface area contributed by atoms with Crippen LogP contribution in [-0.2, 0) is 0 Å². The number of carboxylic acid groups (broad SMARTS) is 1. The lowest BCUT2D eigenvalue weighted by atomic mass is 10.3. The first kappa shape index (κ1) is 14.9. The molecule has 21 heavy (non-hydrogen) atoms. The molecule has 0 aliphatic rings. The monoisotopic (exact) mass is 306 g/mol. The Labute approximate surface area is 123 Å². The predicted octanol–water partition coefficient (Wildman–Crippen LogP) is 2.25. The molecule has 0 spiro atoms. The van der Waals surface area contributed by atoms with Gasteiger partial charge >= 0.3 is 11.7 Å². The van der Waals surface area contributed by atoms with Crippen LogP contribution in [0, 0.1) is 24.0 Å². The van der Waals surface area contributed by atoms with E-state index in [1.165, 1.54) is 0 Å². The zero-order valence-electron chi connectivity index (χ0n) is 11.1. The number of hydrogen-bond donors (Lipinski definition) is 1. The lowest BCUT2D eigenvalue weighted by Crippen LogP contribution is -2.03. The zero-order chi connectivity index (χ0) is 15.6. The fourth-order valence-corrected chi connectivity index (χ4v) is 2.54. The number of aryl methyl sites for hydroxylation is 2. The molecule has 2 heterocycles. The maximum Gasteiger partial charge on any atom is 0.354 e. The molecule has 0 atom stereocenters. The summed E-state index contributed by atoms with van der Waals surface area (Å²) in [4.78, 5) is 33.4. The van der Waals surface area contributed by atoms with Crippen molar-refractivity contribution in [2.75, 3.05) is 0 Å². The van der Waals surface area contributed by atoms with Crippen LogP contribution in [0.25, 0.3) is 0 Å². The molecule has 2 aromatic rings. The van der Waals surface area contributed by atoms with Crippen LogP contribution in [0.1, 0.15) is 21.9 Å². The summed E-state index contributed by atoms with van der Waals surface area (Å²) in [5.74, 6) is -1.26. The fraction of sp³-hybridized carbons (Fsp3) is 0.167. The zero-order valence-corrected chi connectivity index (χ0v) is 11.9. The van der Waals surface area contributed by atoms with Crippen LogP contribution in [0.4, 0.5) is 5.69 Å². The van der Waals surface area contributed by atoms with Crippen molar-refractivity contribution in [1.29, 1.82) is 0 Å². The molecule has 2 rings (SSSR count). The molecule has 0 fully saturated rings. The average Bonchev–Trinajstić information content (AvgIpc) is 2.36. The first-order valence-electron chi connectivity index (χ1n) is 5.75. The molecule has 0 bridgehead atoms. The van der Waals surface area contributed by atoms with E-state index < -0.39 is 10.9 Å². The molecular formula is C12H10N4O4S. The van der Waals surface area contributed by atoms with Crippen LogP contribution in [0.5, 0.6) is 0 Å². The van der Waals surface area contributed by atoms with Crippen LogP contribution in [-0.4, -0.2) is 31.0 Å². The summed E-state index contributed by atoms with van der Waals surface area (Å²) in [6, 6.07) is 3.97. The van der Waals surface area contributed by atoms with Crippen LogP contribution in [0.2, 0.25) is 0 Å². The second-order valence-corrected chi connectivity index (χ2v) is 5.07. The summed E-state index contributed by atoms with van der Waals surface area (Å²) in [7, 11) is 0. The van der Waals surface area contributed by atoms with E-state index in [9.17, 15) is 14.9 Å². The molecule has 8 nitrogen and oxygen atoms in total. The van der Waals surface area contributed by atoms with E-state index in [4.69, 9.17) is 5.11 Å². The smallest absolute Gasteiger partial charge is 0.354 e. The lowest BCUT2D eigenvalue weighted by Gasteiger charge is -2.04. The third-order valence-electron chi connectivity index (χ3n) is 2.41. The van der Waals surface area contributed by atoms with Crippen molar-refractivity contribution in [3.05, 3.63) is 45.4 Å². The summed E-state index contributed by atoms with van der Waals surface area (Å²) in [5, 5.41) is 20.1. The number of nitro groups is 1. The average molecular weight is 306 g/mol. The molecule has 0 aromatic carbocycles. The van der Waals surface area contributed by atoms with Crippen molar-refractivity contribution in [3.63, 3.8) is 0 Å². The summed E-state index contributed by atoms with van der Waals surface area (Å²) in [6.07, 6.45) is 0. The summed E-state index contributed by atoms with van der Waals surface area (Å²) >= 11 is 0.864. The minimum Gasteiger partial charge on any atom is -0.477 e. The molecule has 0 aliphatic heterocycles. The van der Waals surface area contributed by atoms with Crippen molar-refractivity contribution in [2.24, 2.45) is 0 Å². The second kappa shape index (κ2) is 5.83. The van der Waals surface area contributed by atoms with Crippen molar-refractivity contribution in [1.82, 2.24) is 15.0 Å². The van der Waals surface area contributed by atoms with Gasteiger partial charge in [0.05, 0.1) is 4.92 Å². The van der Waals surface area contributed by atoms with Gasteiger partial charge in [-0.2, -0.15) is 0 Å². The van der Waals surface area contributed by atoms with Gasteiger partial charge in [-0.25, -0.2) is 19.7 Å². The van der Waals surface area contributed by atoms with E-state index in [1.807, 2.05) is 0 Å². The van der Waals surface area contributed by atoms with E-state index in [1.54, 1.807) is 19.9 Å². The number of aromatic carboxylic acids is 1. The third kappa shape index (κ3) is 3.51. The predicted molar refractivity (Wildman–Crippen MR) is 73.5 cm³/mol. The van der Waals surface area contributed by atoms with Crippen molar-refractivity contribution in [3.8, 4) is 0 Å². The standard InChI is InChI=1S/C12H10N4O4S/c1-6-5-7(2)14-12(13-6)21-10-9(16(19)20)4-3-8(15-10)11(17)18/h3-5H,1-2H3,(H,17,18). The molecule has 1 N–H and O–H groups in total. The van der Waals surface area contributed by atoms with Crippen LogP contribution >= 0.6 is 11.8 Å². The van der Waals surface area contributed by atoms with Gasteiger partial charge in [0, 0.05) is 17.5 Å². The number of pyridine rings is 1. The van der Waals surface area contributed by atoms with Gasteiger partial charge in [-0.3, -0.25) is 10.1 Å². The largest absolute Gasteiger partial charge is 0.477 e. The van der Waals surface area contributed by atoms with Gasteiger partial charge in [-0.15, -0.1) is 0 Å². The number of carboxylic acids is 1. The van der Waals surface area contributed by atoms with E-state index in [2.05, 4.69) is 15.0 Å². The summed E-state index contributed by atoms with van der Waals surface area (Å²) in [6.45, 7) is 3.54. The lowest BCUT2D eigenvalue weighted by molar-refractivity contribution is -0.388. The Morgan fingerprint density at radius 1 is 1.24 bits per heavy atom. The van der Waals surface area contributed by atoms with Crippen molar-refractivity contribution in [2.45, 2.75) is 24.0 Å². The minimum absolute atomic E-state index is 0.0510. The van der Waals surface area contributed by atoms with Crippen LogP contribution in [0.3, 0.4) is 0 Å². The Kier molecular flexibility index (Phi) is 4.13. The summed E-state index contributed by atoms with van der Waals surface area (Å²) in [5.41, 5.74) is 0.865. The van der Waals surface area contributed by atoms with E-state index >= 15 is 0 Å². The first-order valence-corrected chi connectivity index (χ1v) is 6.57. The molecule has 108 valence electrons. The quantitative estimate of drug-likeness (QED) is 0.519. The summed E-state index contributed by atoms with van der Waals surface area (Å²) < 4.78 is 0. The number of nitrogens with zero attached hydrogens (tertiary/aromatic N) is 4.